The third kappa shape index (κ3) is 20.3. The van der Waals surface area contributed by atoms with Crippen molar-refractivity contribution in [1.29, 1.82) is 0 Å². The largest absolute Gasteiger partial charge is 0.444 e. The van der Waals surface area contributed by atoms with Crippen molar-refractivity contribution in [3.05, 3.63) is 191 Å². The number of ether oxygens (including phenoxy) is 2. The van der Waals surface area contributed by atoms with Gasteiger partial charge >= 0.3 is 12.2 Å². The van der Waals surface area contributed by atoms with Crippen LogP contribution in [-0.2, 0) is 9.47 Å². The summed E-state index contributed by atoms with van der Waals surface area (Å²) in [6.45, 7) is 28.0. The Morgan fingerprint density at radius 3 is 1.20 bits per heavy atom. The zero-order chi connectivity index (χ0) is 65.5. The van der Waals surface area contributed by atoms with Crippen molar-refractivity contribution in [2.45, 2.75) is 72.5 Å². The van der Waals surface area contributed by atoms with Gasteiger partial charge < -0.3 is 52.8 Å². The van der Waals surface area contributed by atoms with Crippen LogP contribution in [0.3, 0.4) is 0 Å². The molecule has 21 heteroatoms. The lowest BCUT2D eigenvalue weighted by atomic mass is 9.96. The highest BCUT2D eigenvalue weighted by atomic mass is 79.9. The predicted molar refractivity (Wildman–Crippen MR) is 356 cm³/mol. The molecule has 0 saturated carbocycles. The molecular weight excluding hydrogens is 1180 g/mol. The van der Waals surface area contributed by atoms with Gasteiger partial charge in [0.15, 0.2) is 0 Å². The number of pyridine rings is 4. The Hall–Kier alpha value is -9.44. The fraction of sp³-hybridized carbons (Fsp3) is 0.284. The predicted octanol–water partition coefficient (Wildman–Crippen LogP) is 10.8. The van der Waals surface area contributed by atoms with Gasteiger partial charge in [0.25, 0.3) is 23.6 Å². The van der Waals surface area contributed by atoms with Gasteiger partial charge in [0.1, 0.15) is 11.2 Å². The molecule has 0 aliphatic heterocycles. The van der Waals surface area contributed by atoms with E-state index in [1.165, 1.54) is 0 Å². The Balaban J connectivity index is 0.000000240. The molecule has 1 unspecified atom stereocenters. The van der Waals surface area contributed by atoms with E-state index in [1.807, 2.05) is 100 Å². The maximum atomic E-state index is 12.0. The number of nitrogens with two attached hydrogens (primary N) is 2. The lowest BCUT2D eigenvalue weighted by Gasteiger charge is -2.20. The van der Waals surface area contributed by atoms with Gasteiger partial charge in [-0.3, -0.25) is 39.1 Å². The van der Waals surface area contributed by atoms with E-state index in [1.54, 1.807) is 98.0 Å². The van der Waals surface area contributed by atoms with Crippen molar-refractivity contribution in [2.75, 3.05) is 54.4 Å². The maximum absolute atomic E-state index is 12.0. The third-order valence-electron chi connectivity index (χ3n) is 12.6. The van der Waals surface area contributed by atoms with Gasteiger partial charge in [-0.15, -0.1) is 0 Å². The molecule has 0 aliphatic carbocycles. The molecule has 4 aromatic heterocycles. The van der Waals surface area contributed by atoms with Gasteiger partial charge in [-0.05, 0) is 124 Å². The number of fused-ring (bicyclic) bond motifs is 4. The Morgan fingerprint density at radius 2 is 0.830 bits per heavy atom. The molecule has 464 valence electrons. The van der Waals surface area contributed by atoms with Crippen LogP contribution in [0.1, 0.15) is 119 Å². The summed E-state index contributed by atoms with van der Waals surface area (Å²) in [5.41, 5.74) is 21.0. The first-order valence-electron chi connectivity index (χ1n) is 28.0. The molecule has 6 amide bonds. The molecule has 88 heavy (non-hydrogen) atoms. The minimum absolute atomic E-state index is 0.0968. The summed E-state index contributed by atoms with van der Waals surface area (Å²) in [5, 5.41) is 19.0. The molecule has 20 nitrogen and oxygen atoms in total. The van der Waals surface area contributed by atoms with Crippen molar-refractivity contribution >= 4 is 107 Å². The van der Waals surface area contributed by atoms with Crippen molar-refractivity contribution < 1.29 is 38.2 Å². The van der Waals surface area contributed by atoms with E-state index in [-0.39, 0.29) is 36.1 Å². The zero-order valence-electron chi connectivity index (χ0n) is 52.2. The molecule has 0 bridgehead atoms. The minimum Gasteiger partial charge on any atom is -0.444 e. The van der Waals surface area contributed by atoms with Gasteiger partial charge in [0, 0.05) is 110 Å². The SMILES string of the molecule is C=C(C)CNC(=O)OC(C)(C)C.C=C(CN)c1cccc2c(C(=O)NC)ccnc12.C=C(CNC(=O)OC(C)(C)C)c1cccc2c(C(=O)NC)ccnc12.CNC(=O)c1ccnc2c(Br)cccc12.CNC(=O)c1ccnc2c(C(C)CN)cccc12. The van der Waals surface area contributed by atoms with Crippen LogP contribution < -0.4 is 43.4 Å². The van der Waals surface area contributed by atoms with Crippen LogP contribution in [0, 0.1) is 0 Å². The quantitative estimate of drug-likeness (QED) is 0.0498. The van der Waals surface area contributed by atoms with Gasteiger partial charge in [0.05, 0.1) is 44.3 Å². The second kappa shape index (κ2) is 33.5. The first-order chi connectivity index (χ1) is 41.6. The molecule has 4 heterocycles. The summed E-state index contributed by atoms with van der Waals surface area (Å²) in [5.74, 6) is -0.276. The molecule has 0 saturated heterocycles. The van der Waals surface area contributed by atoms with E-state index in [4.69, 9.17) is 20.9 Å². The van der Waals surface area contributed by atoms with Crippen LogP contribution in [-0.4, -0.2) is 121 Å². The van der Waals surface area contributed by atoms with Crippen LogP contribution in [0.4, 0.5) is 9.59 Å². The van der Waals surface area contributed by atoms with Crippen molar-refractivity contribution in [1.82, 2.24) is 51.8 Å². The maximum Gasteiger partial charge on any atom is 0.407 e. The highest BCUT2D eigenvalue weighted by molar-refractivity contribution is 9.10. The number of alkyl carbamates (subject to hydrolysis) is 2. The van der Waals surface area contributed by atoms with Crippen LogP contribution in [0.15, 0.2) is 152 Å². The summed E-state index contributed by atoms with van der Waals surface area (Å²) in [6, 6.07) is 29.6. The number of hydrogen-bond acceptors (Lipinski definition) is 14. The molecule has 1 atom stereocenters. The number of amides is 6. The summed E-state index contributed by atoms with van der Waals surface area (Å²) in [6.07, 6.45) is 5.61. The molecule has 8 rings (SSSR count). The lowest BCUT2D eigenvalue weighted by Crippen LogP contribution is -2.33. The summed E-state index contributed by atoms with van der Waals surface area (Å²) in [7, 11) is 6.44. The van der Waals surface area contributed by atoms with E-state index in [2.05, 4.69) is 94.4 Å². The van der Waals surface area contributed by atoms with Gasteiger partial charge in [-0.1, -0.05) is 99.0 Å². The minimum atomic E-state index is -0.561. The van der Waals surface area contributed by atoms with E-state index >= 15 is 0 Å². The number of carbonyl (C=O) groups excluding carboxylic acids is 6. The van der Waals surface area contributed by atoms with Gasteiger partial charge in [0.2, 0.25) is 0 Å². The summed E-state index contributed by atoms with van der Waals surface area (Å²) < 4.78 is 11.1. The zero-order valence-corrected chi connectivity index (χ0v) is 53.7. The number of halogens is 1. The number of carbonyl (C=O) groups is 6. The number of nitrogens with one attached hydrogen (secondary N) is 6. The lowest BCUT2D eigenvalue weighted by molar-refractivity contribution is 0.0522. The first kappa shape index (κ1) is 71.0. The fourth-order valence-corrected chi connectivity index (χ4v) is 8.82. The van der Waals surface area contributed by atoms with E-state index < -0.39 is 23.4 Å². The second-order valence-electron chi connectivity index (χ2n) is 21.7. The summed E-state index contributed by atoms with van der Waals surface area (Å²) in [4.78, 5) is 87.3. The standard InChI is InChI=1S/C19H23N3O3.C14H17N3O.C14H15N3O.C11H9BrN2O.C9H17NO2/c1-12(11-22-18(24)25-19(2,3)4)13-7-6-8-14-15(17(23)20-5)9-10-21-16(13)14;2*1-9(8-15)10-4-3-5-11-12(14(18)16-2)6-7-17-13(10)11;1-13-11(15)8-5-6-14-10-7(8)3-2-4-9(10)12;1-7(2)6-10-8(11)12-9(3,4)5/h6-10H,1,11H2,2-5H3,(H,20,23)(H,22,24);3-7,9H,8,15H2,1-2H3,(H,16,18);3-7H,1,8,15H2,2H3,(H,16,18);2-6H,1H3,(H,13,15);1,6H2,2-5H3,(H,10,11). The average Bonchev–Trinajstić information content (AvgIpc) is 1.74. The average molecular weight is 1260 g/mol. The van der Waals surface area contributed by atoms with Gasteiger partial charge in [-0.25, -0.2) is 9.59 Å². The molecule has 0 aliphatic rings. The molecule has 10 N–H and O–H groups in total. The Kier molecular flexibility index (Phi) is 27.0. The highest BCUT2D eigenvalue weighted by Gasteiger charge is 2.20. The fourth-order valence-electron chi connectivity index (χ4n) is 8.35. The van der Waals surface area contributed by atoms with Crippen LogP contribution in [0.2, 0.25) is 0 Å². The van der Waals surface area contributed by atoms with E-state index in [9.17, 15) is 28.8 Å². The Labute approximate surface area is 523 Å². The smallest absolute Gasteiger partial charge is 0.407 e. The molecule has 0 spiro atoms. The third-order valence-corrected chi connectivity index (χ3v) is 13.3. The van der Waals surface area contributed by atoms with Crippen molar-refractivity contribution in [3.8, 4) is 0 Å². The Morgan fingerprint density at radius 1 is 0.489 bits per heavy atom. The number of hydrogen-bond donors (Lipinski definition) is 8. The molecule has 4 aromatic carbocycles. The van der Waals surface area contributed by atoms with Gasteiger partial charge in [-0.2, -0.15) is 0 Å². The van der Waals surface area contributed by atoms with Crippen LogP contribution in [0.25, 0.3) is 54.8 Å². The second-order valence-corrected chi connectivity index (χ2v) is 22.6. The molecule has 0 radical (unpaired) electrons. The molecule has 0 fully saturated rings. The first-order valence-corrected chi connectivity index (χ1v) is 28.8. The number of aromatic nitrogens is 4. The van der Waals surface area contributed by atoms with Crippen LogP contribution in [0.5, 0.6) is 0 Å². The van der Waals surface area contributed by atoms with E-state index in [0.717, 1.165) is 70.4 Å². The topological polar surface area (TPSA) is 297 Å². The molecular formula is C67H81BrN12O8. The highest BCUT2D eigenvalue weighted by Crippen LogP contribution is 2.29. The molecule has 8 aromatic rings. The number of rotatable bonds is 13. The number of benzene rings is 4. The number of nitrogens with zero attached hydrogens (tertiary/aromatic N) is 4. The van der Waals surface area contributed by atoms with Crippen molar-refractivity contribution in [3.63, 3.8) is 0 Å². The normalized spacial score (nSPS) is 11.0. The van der Waals surface area contributed by atoms with Crippen LogP contribution >= 0.6 is 15.9 Å². The van der Waals surface area contributed by atoms with E-state index in [0.29, 0.717) is 53.0 Å². The monoisotopic (exact) mass is 1260 g/mol. The Bertz CT molecular complexity index is 3780. The van der Waals surface area contributed by atoms with Crippen molar-refractivity contribution in [2.24, 2.45) is 11.5 Å². The number of para-hydroxylation sites is 4. The summed E-state index contributed by atoms with van der Waals surface area (Å²) >= 11 is 3.41.